The Hall–Kier alpha value is -1.59. The molecular weight excluding hydrogens is 292 g/mol. The number of rotatable bonds is 7. The molecule has 2 unspecified atom stereocenters. The number of carbonyl (C=O) groups is 1. The van der Waals surface area contributed by atoms with Gasteiger partial charge in [-0.05, 0) is 51.8 Å². The van der Waals surface area contributed by atoms with Crippen molar-refractivity contribution in [1.29, 1.82) is 0 Å². The molecule has 0 saturated heterocycles. The minimum absolute atomic E-state index is 0.214. The van der Waals surface area contributed by atoms with Crippen LogP contribution in [-0.4, -0.2) is 31.5 Å². The van der Waals surface area contributed by atoms with Gasteiger partial charge in [-0.25, -0.2) is 4.79 Å². The fourth-order valence-corrected chi connectivity index (χ4v) is 2.21. The summed E-state index contributed by atoms with van der Waals surface area (Å²) in [6, 6.07) is 8.32. The lowest BCUT2D eigenvalue weighted by molar-refractivity contribution is 0.0636. The molecule has 1 amide bonds. The molecule has 0 saturated carbocycles. The van der Waals surface area contributed by atoms with E-state index >= 15 is 0 Å². The van der Waals surface area contributed by atoms with Crippen molar-refractivity contribution in [3.05, 3.63) is 29.8 Å². The topological polar surface area (TPSA) is 59.6 Å². The number of hydrogen-bond donors (Lipinski definition) is 2. The summed E-state index contributed by atoms with van der Waals surface area (Å²) in [5, 5.41) is 6.27. The van der Waals surface area contributed by atoms with E-state index < -0.39 is 11.7 Å². The Kier molecular flexibility index (Phi) is 7.52. The van der Waals surface area contributed by atoms with E-state index in [9.17, 15) is 4.79 Å². The van der Waals surface area contributed by atoms with Crippen molar-refractivity contribution < 1.29 is 14.3 Å². The van der Waals surface area contributed by atoms with Crippen LogP contribution in [0.2, 0.25) is 0 Å². The van der Waals surface area contributed by atoms with Gasteiger partial charge in [0.15, 0.2) is 0 Å². The Labute approximate surface area is 139 Å². The summed E-state index contributed by atoms with van der Waals surface area (Å²) in [6.45, 7) is 10.5. The summed E-state index contributed by atoms with van der Waals surface area (Å²) >= 11 is 0. The van der Waals surface area contributed by atoms with Crippen molar-refractivity contribution in [2.45, 2.75) is 58.7 Å². The van der Waals surface area contributed by atoms with Gasteiger partial charge in [0.25, 0.3) is 0 Å². The highest BCUT2D eigenvalue weighted by Gasteiger charge is 2.16. The maximum atomic E-state index is 11.7. The molecule has 0 spiro atoms. The van der Waals surface area contributed by atoms with Crippen LogP contribution < -0.4 is 10.6 Å². The van der Waals surface area contributed by atoms with Gasteiger partial charge in [0.2, 0.25) is 0 Å². The predicted molar refractivity (Wildman–Crippen MR) is 93.8 cm³/mol. The molecular formula is C18H30N2O3. The van der Waals surface area contributed by atoms with Gasteiger partial charge in [0, 0.05) is 24.9 Å². The number of amides is 1. The number of benzene rings is 1. The Morgan fingerprint density at radius 1 is 1.22 bits per heavy atom. The lowest BCUT2D eigenvalue weighted by Crippen LogP contribution is -2.34. The molecule has 0 aromatic heterocycles. The summed E-state index contributed by atoms with van der Waals surface area (Å²) in [6.07, 6.45) is 0.568. The van der Waals surface area contributed by atoms with Crippen LogP contribution in [0, 0.1) is 0 Å². The van der Waals surface area contributed by atoms with Crippen molar-refractivity contribution in [1.82, 2.24) is 5.32 Å². The zero-order valence-corrected chi connectivity index (χ0v) is 15.1. The van der Waals surface area contributed by atoms with Crippen LogP contribution in [0.3, 0.4) is 0 Å². The Morgan fingerprint density at radius 3 is 2.30 bits per heavy atom. The Balaban J connectivity index is 2.60. The number of anilines is 1. The van der Waals surface area contributed by atoms with Gasteiger partial charge in [-0.1, -0.05) is 19.1 Å². The molecule has 0 bridgehead atoms. The predicted octanol–water partition coefficient (Wildman–Crippen LogP) is 4.11. The second kappa shape index (κ2) is 8.89. The normalized spacial score (nSPS) is 14.2. The van der Waals surface area contributed by atoms with Crippen molar-refractivity contribution in [3.63, 3.8) is 0 Å². The van der Waals surface area contributed by atoms with Gasteiger partial charge in [-0.2, -0.15) is 0 Å². The number of methoxy groups -OCH3 is 1. The van der Waals surface area contributed by atoms with Crippen LogP contribution in [0.5, 0.6) is 0 Å². The molecule has 0 fully saturated rings. The molecule has 130 valence electrons. The van der Waals surface area contributed by atoms with E-state index in [1.165, 1.54) is 0 Å². The van der Waals surface area contributed by atoms with Gasteiger partial charge in [-0.3, -0.25) is 5.32 Å². The van der Waals surface area contributed by atoms with Crippen LogP contribution in [-0.2, 0) is 9.47 Å². The minimum atomic E-state index is -0.501. The van der Waals surface area contributed by atoms with Gasteiger partial charge < -0.3 is 14.8 Å². The molecule has 0 radical (unpaired) electrons. The summed E-state index contributed by atoms with van der Waals surface area (Å²) in [7, 11) is 1.71. The maximum absolute atomic E-state index is 11.7. The third kappa shape index (κ3) is 7.48. The summed E-state index contributed by atoms with van der Waals surface area (Å²) in [4.78, 5) is 11.7. The first kappa shape index (κ1) is 19.5. The minimum Gasteiger partial charge on any atom is -0.444 e. The van der Waals surface area contributed by atoms with Crippen LogP contribution in [0.4, 0.5) is 10.5 Å². The highest BCUT2D eigenvalue weighted by molar-refractivity contribution is 5.84. The fourth-order valence-electron chi connectivity index (χ4n) is 2.21. The zero-order valence-electron chi connectivity index (χ0n) is 15.1. The lowest BCUT2D eigenvalue weighted by atomic mass is 10.1. The van der Waals surface area contributed by atoms with E-state index in [0.717, 1.165) is 17.7 Å². The number of carbonyl (C=O) groups excluding carboxylic acids is 1. The number of nitrogens with one attached hydrogen (secondary N) is 2. The van der Waals surface area contributed by atoms with Gasteiger partial charge >= 0.3 is 6.09 Å². The maximum Gasteiger partial charge on any atom is 0.412 e. The molecule has 0 aliphatic heterocycles. The fraction of sp³-hybridized carbons (Fsp3) is 0.611. The van der Waals surface area contributed by atoms with E-state index in [1.807, 2.05) is 45.0 Å². The van der Waals surface area contributed by atoms with Crippen molar-refractivity contribution in [3.8, 4) is 0 Å². The molecule has 2 atom stereocenters. The number of ether oxygens (including phenoxy) is 2. The first-order valence-corrected chi connectivity index (χ1v) is 8.10. The van der Waals surface area contributed by atoms with Crippen LogP contribution in [0.15, 0.2) is 24.3 Å². The first-order chi connectivity index (χ1) is 10.7. The smallest absolute Gasteiger partial charge is 0.412 e. The zero-order chi connectivity index (χ0) is 17.5. The van der Waals surface area contributed by atoms with Crippen molar-refractivity contribution >= 4 is 11.8 Å². The Bertz CT molecular complexity index is 480. The molecule has 1 aromatic carbocycles. The highest BCUT2D eigenvalue weighted by atomic mass is 16.6. The lowest BCUT2D eigenvalue weighted by Gasteiger charge is -2.22. The molecule has 23 heavy (non-hydrogen) atoms. The van der Waals surface area contributed by atoms with E-state index in [1.54, 1.807) is 7.11 Å². The molecule has 0 aliphatic rings. The quantitative estimate of drug-likeness (QED) is 0.793. The van der Waals surface area contributed by atoms with E-state index in [2.05, 4.69) is 24.5 Å². The first-order valence-electron chi connectivity index (χ1n) is 8.10. The largest absolute Gasteiger partial charge is 0.444 e. The third-order valence-corrected chi connectivity index (χ3v) is 3.40. The van der Waals surface area contributed by atoms with Gasteiger partial charge in [0.05, 0.1) is 6.61 Å². The van der Waals surface area contributed by atoms with E-state index in [-0.39, 0.29) is 6.04 Å². The SMILES string of the molecule is CCC(COC)NC(C)c1ccc(NC(=O)OC(C)(C)C)cc1. The number of hydrogen-bond acceptors (Lipinski definition) is 4. The summed E-state index contributed by atoms with van der Waals surface area (Å²) < 4.78 is 10.4. The molecule has 1 aromatic rings. The third-order valence-electron chi connectivity index (χ3n) is 3.40. The van der Waals surface area contributed by atoms with Crippen LogP contribution in [0.25, 0.3) is 0 Å². The molecule has 5 nitrogen and oxygen atoms in total. The average molecular weight is 322 g/mol. The second-order valence-corrected chi connectivity index (χ2v) is 6.70. The average Bonchev–Trinajstić information content (AvgIpc) is 2.45. The highest BCUT2D eigenvalue weighted by Crippen LogP contribution is 2.18. The molecule has 2 N–H and O–H groups in total. The summed E-state index contributed by atoms with van der Waals surface area (Å²) in [5.41, 5.74) is 1.38. The molecule has 1 rings (SSSR count). The van der Waals surface area contributed by atoms with Crippen molar-refractivity contribution in [2.75, 3.05) is 19.0 Å². The van der Waals surface area contributed by atoms with Crippen LogP contribution >= 0.6 is 0 Å². The standard InChI is InChI=1S/C18H30N2O3/c1-7-15(12-22-6)19-13(2)14-8-10-16(11-9-14)20-17(21)23-18(3,4)5/h8-11,13,15,19H,7,12H2,1-6H3,(H,20,21). The van der Waals surface area contributed by atoms with E-state index in [0.29, 0.717) is 12.6 Å². The molecule has 5 heteroatoms. The molecule has 0 aliphatic carbocycles. The van der Waals surface area contributed by atoms with Crippen LogP contribution in [0.1, 0.15) is 52.6 Å². The van der Waals surface area contributed by atoms with E-state index in [4.69, 9.17) is 9.47 Å². The Morgan fingerprint density at radius 2 is 1.83 bits per heavy atom. The van der Waals surface area contributed by atoms with Crippen molar-refractivity contribution in [2.24, 2.45) is 0 Å². The van der Waals surface area contributed by atoms with Gasteiger partial charge in [-0.15, -0.1) is 0 Å². The second-order valence-electron chi connectivity index (χ2n) is 6.70. The summed E-state index contributed by atoms with van der Waals surface area (Å²) in [5.74, 6) is 0. The monoisotopic (exact) mass is 322 g/mol. The molecule has 0 heterocycles. The van der Waals surface area contributed by atoms with Gasteiger partial charge in [0.1, 0.15) is 5.60 Å².